The largest absolute Gasteiger partial charge is 0.480 e. The highest BCUT2D eigenvalue weighted by atomic mass is 16.4. The molecule has 1 aliphatic heterocycles. The van der Waals surface area contributed by atoms with Crippen molar-refractivity contribution in [2.75, 3.05) is 19.6 Å². The molecular formula is C11H18N2O4. The van der Waals surface area contributed by atoms with E-state index in [-0.39, 0.29) is 18.1 Å². The number of ketones is 1. The van der Waals surface area contributed by atoms with Crippen LogP contribution in [-0.2, 0) is 14.4 Å². The highest BCUT2D eigenvalue weighted by Crippen LogP contribution is 2.05. The summed E-state index contributed by atoms with van der Waals surface area (Å²) in [6.07, 6.45) is 1.37. The predicted octanol–water partition coefficient (Wildman–Crippen LogP) is -0.369. The van der Waals surface area contributed by atoms with E-state index in [9.17, 15) is 14.4 Å². The molecule has 1 heterocycles. The number of likely N-dealkylation sites (tertiary alicyclic amines) is 1. The molecule has 1 rings (SSSR count). The van der Waals surface area contributed by atoms with Crippen molar-refractivity contribution in [1.82, 2.24) is 10.2 Å². The van der Waals surface area contributed by atoms with Crippen LogP contribution in [0, 0.1) is 0 Å². The molecule has 0 aromatic heterocycles. The van der Waals surface area contributed by atoms with Gasteiger partial charge in [0.1, 0.15) is 11.8 Å². The van der Waals surface area contributed by atoms with Gasteiger partial charge in [0, 0.05) is 38.9 Å². The van der Waals surface area contributed by atoms with E-state index in [1.165, 1.54) is 6.92 Å². The van der Waals surface area contributed by atoms with E-state index in [2.05, 4.69) is 5.32 Å². The molecule has 17 heavy (non-hydrogen) atoms. The van der Waals surface area contributed by atoms with Crippen LogP contribution >= 0.6 is 0 Å². The van der Waals surface area contributed by atoms with Crippen molar-refractivity contribution >= 4 is 17.7 Å². The van der Waals surface area contributed by atoms with E-state index in [4.69, 9.17) is 5.11 Å². The Balaban J connectivity index is 2.19. The van der Waals surface area contributed by atoms with Crippen LogP contribution in [0.25, 0.3) is 0 Å². The zero-order valence-electron chi connectivity index (χ0n) is 9.94. The van der Waals surface area contributed by atoms with Gasteiger partial charge in [-0.3, -0.25) is 14.4 Å². The second-order valence-electron chi connectivity index (χ2n) is 4.26. The number of nitrogens with one attached hydrogen (secondary N) is 1. The fraction of sp³-hybridized carbons (Fsp3) is 0.727. The Bertz CT molecular complexity index is 307. The van der Waals surface area contributed by atoms with Gasteiger partial charge >= 0.3 is 5.97 Å². The molecule has 0 radical (unpaired) electrons. The lowest BCUT2D eigenvalue weighted by Crippen LogP contribution is -2.41. The molecule has 0 aromatic carbocycles. The minimum Gasteiger partial charge on any atom is -0.480 e. The fourth-order valence-corrected chi connectivity index (χ4v) is 1.66. The minimum absolute atomic E-state index is 0.267. The lowest BCUT2D eigenvalue weighted by Gasteiger charge is -2.25. The van der Waals surface area contributed by atoms with Gasteiger partial charge in [0.15, 0.2) is 0 Å². The summed E-state index contributed by atoms with van der Waals surface area (Å²) < 4.78 is 0. The maximum Gasteiger partial charge on any atom is 0.325 e. The molecule has 0 aliphatic carbocycles. The number of nitrogens with zero attached hydrogens (tertiary/aromatic N) is 1. The molecule has 0 aromatic rings. The van der Waals surface area contributed by atoms with Crippen molar-refractivity contribution in [2.24, 2.45) is 0 Å². The van der Waals surface area contributed by atoms with Crippen LogP contribution in [0.2, 0.25) is 0 Å². The van der Waals surface area contributed by atoms with Gasteiger partial charge in [0.2, 0.25) is 5.91 Å². The van der Waals surface area contributed by atoms with Crippen LogP contribution in [0.15, 0.2) is 0 Å². The van der Waals surface area contributed by atoms with Crippen molar-refractivity contribution in [3.63, 3.8) is 0 Å². The third kappa shape index (κ3) is 4.95. The van der Waals surface area contributed by atoms with E-state index in [1.807, 2.05) is 4.90 Å². The summed E-state index contributed by atoms with van der Waals surface area (Å²) in [6, 6.07) is -0.856. The number of rotatable bonds is 5. The number of hydrogen-bond acceptors (Lipinski definition) is 4. The van der Waals surface area contributed by atoms with E-state index < -0.39 is 12.0 Å². The van der Waals surface area contributed by atoms with E-state index in [0.29, 0.717) is 32.5 Å². The average Bonchev–Trinajstić information content (AvgIpc) is 2.28. The first-order valence-electron chi connectivity index (χ1n) is 5.75. The Kier molecular flexibility index (Phi) is 5.09. The standard InChI is InChI=1S/C11H18N2O4/c1-8(11(16)17)12-10(15)4-7-13-5-2-9(14)3-6-13/h8H,2-7H2,1H3,(H,12,15)(H,16,17). The quantitative estimate of drug-likeness (QED) is 0.687. The lowest BCUT2D eigenvalue weighted by atomic mass is 10.1. The highest BCUT2D eigenvalue weighted by molar-refractivity contribution is 5.83. The van der Waals surface area contributed by atoms with Crippen LogP contribution < -0.4 is 5.32 Å². The SMILES string of the molecule is CC(NC(=O)CCN1CCC(=O)CC1)C(=O)O. The first-order chi connectivity index (χ1) is 7.99. The number of Topliss-reactive ketones (excluding diaryl/α,β-unsaturated/α-hetero) is 1. The predicted molar refractivity (Wildman–Crippen MR) is 60.5 cm³/mol. The van der Waals surface area contributed by atoms with E-state index >= 15 is 0 Å². The van der Waals surface area contributed by atoms with Gasteiger partial charge in [-0.25, -0.2) is 0 Å². The van der Waals surface area contributed by atoms with Crippen molar-refractivity contribution in [1.29, 1.82) is 0 Å². The number of hydrogen-bond donors (Lipinski definition) is 2. The van der Waals surface area contributed by atoms with Crippen molar-refractivity contribution in [2.45, 2.75) is 32.2 Å². The normalized spacial score (nSPS) is 18.8. The molecule has 96 valence electrons. The Morgan fingerprint density at radius 3 is 2.53 bits per heavy atom. The zero-order chi connectivity index (χ0) is 12.8. The van der Waals surface area contributed by atoms with Gasteiger partial charge in [-0.2, -0.15) is 0 Å². The van der Waals surface area contributed by atoms with Crippen LogP contribution in [0.3, 0.4) is 0 Å². The Morgan fingerprint density at radius 1 is 1.41 bits per heavy atom. The topological polar surface area (TPSA) is 86.7 Å². The van der Waals surface area contributed by atoms with Crippen molar-refractivity contribution < 1.29 is 19.5 Å². The molecule has 2 N–H and O–H groups in total. The summed E-state index contributed by atoms with van der Waals surface area (Å²) in [5, 5.41) is 11.0. The van der Waals surface area contributed by atoms with Crippen LogP contribution in [0.1, 0.15) is 26.2 Å². The molecule has 0 saturated carbocycles. The zero-order valence-corrected chi connectivity index (χ0v) is 9.94. The highest BCUT2D eigenvalue weighted by Gasteiger charge is 2.18. The molecule has 0 bridgehead atoms. The maximum absolute atomic E-state index is 11.4. The summed E-state index contributed by atoms with van der Waals surface area (Å²) in [5.41, 5.74) is 0. The third-order valence-corrected chi connectivity index (χ3v) is 2.82. The molecular weight excluding hydrogens is 224 g/mol. The molecule has 0 spiro atoms. The summed E-state index contributed by atoms with van der Waals surface area (Å²) in [5.74, 6) is -1.04. The van der Waals surface area contributed by atoms with Gasteiger partial charge in [-0.15, -0.1) is 0 Å². The van der Waals surface area contributed by atoms with E-state index in [0.717, 1.165) is 0 Å². The smallest absolute Gasteiger partial charge is 0.325 e. The van der Waals surface area contributed by atoms with Crippen molar-refractivity contribution in [3.05, 3.63) is 0 Å². The second-order valence-corrected chi connectivity index (χ2v) is 4.26. The van der Waals surface area contributed by atoms with Gasteiger partial charge in [-0.05, 0) is 6.92 Å². The Morgan fingerprint density at radius 2 is 2.00 bits per heavy atom. The molecule has 1 aliphatic rings. The number of carbonyl (C=O) groups excluding carboxylic acids is 2. The number of carboxylic acid groups (broad SMARTS) is 1. The Hall–Kier alpha value is -1.43. The first kappa shape index (κ1) is 13.6. The number of carboxylic acids is 1. The monoisotopic (exact) mass is 242 g/mol. The lowest BCUT2D eigenvalue weighted by molar-refractivity contribution is -0.141. The molecule has 1 unspecified atom stereocenters. The van der Waals surface area contributed by atoms with Gasteiger partial charge in [0.25, 0.3) is 0 Å². The fourth-order valence-electron chi connectivity index (χ4n) is 1.66. The van der Waals surface area contributed by atoms with Gasteiger partial charge < -0.3 is 15.3 Å². The number of carbonyl (C=O) groups is 3. The average molecular weight is 242 g/mol. The summed E-state index contributed by atoms with van der Waals surface area (Å²) in [6.45, 7) is 3.40. The number of amides is 1. The minimum atomic E-state index is -1.04. The summed E-state index contributed by atoms with van der Waals surface area (Å²) in [4.78, 5) is 35.0. The molecule has 1 atom stereocenters. The molecule has 1 fully saturated rings. The molecule has 6 nitrogen and oxygen atoms in total. The Labute approximate surface area is 100.0 Å². The summed E-state index contributed by atoms with van der Waals surface area (Å²) in [7, 11) is 0. The molecule has 1 saturated heterocycles. The van der Waals surface area contributed by atoms with Crippen LogP contribution in [0.4, 0.5) is 0 Å². The third-order valence-electron chi connectivity index (χ3n) is 2.82. The van der Waals surface area contributed by atoms with E-state index in [1.54, 1.807) is 0 Å². The first-order valence-corrected chi connectivity index (χ1v) is 5.75. The van der Waals surface area contributed by atoms with Crippen LogP contribution in [0.5, 0.6) is 0 Å². The second kappa shape index (κ2) is 6.34. The molecule has 1 amide bonds. The van der Waals surface area contributed by atoms with Gasteiger partial charge in [0.05, 0.1) is 0 Å². The number of aliphatic carboxylic acids is 1. The maximum atomic E-state index is 11.4. The summed E-state index contributed by atoms with van der Waals surface area (Å²) >= 11 is 0. The van der Waals surface area contributed by atoms with Crippen molar-refractivity contribution in [3.8, 4) is 0 Å². The van der Waals surface area contributed by atoms with Crippen LogP contribution in [-0.4, -0.2) is 53.3 Å². The number of piperidine rings is 1. The van der Waals surface area contributed by atoms with Gasteiger partial charge in [-0.1, -0.05) is 0 Å². The molecule has 6 heteroatoms.